The van der Waals surface area contributed by atoms with Gasteiger partial charge in [-0.05, 0) is 19.1 Å². The Balaban J connectivity index is 2.24. The van der Waals surface area contributed by atoms with Gasteiger partial charge in [0, 0.05) is 18.6 Å². The minimum atomic E-state index is -3.32. The van der Waals surface area contributed by atoms with Crippen LogP contribution in [0, 0.1) is 0 Å². The third-order valence-corrected chi connectivity index (χ3v) is 4.26. The van der Waals surface area contributed by atoms with Crippen LogP contribution < -0.4 is 5.73 Å². The van der Waals surface area contributed by atoms with Gasteiger partial charge in [-0.2, -0.15) is 4.31 Å². The molecule has 0 atom stereocenters. The third kappa shape index (κ3) is 1.90. The number of hydrogen-bond donors (Lipinski definition) is 1. The van der Waals surface area contributed by atoms with Crippen LogP contribution in [0.25, 0.3) is 0 Å². The van der Waals surface area contributed by atoms with Gasteiger partial charge in [0.05, 0.1) is 4.90 Å². The average Bonchev–Trinajstić information content (AvgIpc) is 2.15. The normalized spacial score (nSPS) is 20.9. The van der Waals surface area contributed by atoms with Crippen LogP contribution in [0.4, 0.5) is 0 Å². The molecule has 82 valence electrons. The van der Waals surface area contributed by atoms with Crippen molar-refractivity contribution in [3.05, 3.63) is 30.3 Å². The molecule has 5 heteroatoms. The van der Waals surface area contributed by atoms with Crippen molar-refractivity contribution in [1.29, 1.82) is 0 Å². The summed E-state index contributed by atoms with van der Waals surface area (Å²) >= 11 is 0. The number of hydrogen-bond acceptors (Lipinski definition) is 3. The number of benzene rings is 1. The van der Waals surface area contributed by atoms with E-state index in [1.165, 1.54) is 4.31 Å². The first-order valence-electron chi connectivity index (χ1n) is 4.76. The fourth-order valence-corrected chi connectivity index (χ4v) is 3.40. The monoisotopic (exact) mass is 226 g/mol. The molecule has 0 radical (unpaired) electrons. The van der Waals surface area contributed by atoms with Crippen molar-refractivity contribution in [3.8, 4) is 0 Å². The Hall–Kier alpha value is -0.910. The van der Waals surface area contributed by atoms with Crippen molar-refractivity contribution in [1.82, 2.24) is 4.31 Å². The second-order valence-electron chi connectivity index (χ2n) is 4.24. The molecule has 1 aliphatic heterocycles. The summed E-state index contributed by atoms with van der Waals surface area (Å²) < 4.78 is 25.4. The lowest BCUT2D eigenvalue weighted by Gasteiger charge is -2.44. The van der Waals surface area contributed by atoms with Crippen molar-refractivity contribution < 1.29 is 8.42 Å². The van der Waals surface area contributed by atoms with Gasteiger partial charge in [-0.1, -0.05) is 18.2 Å². The third-order valence-electron chi connectivity index (χ3n) is 2.46. The molecule has 0 aromatic heterocycles. The van der Waals surface area contributed by atoms with Crippen LogP contribution in [0.5, 0.6) is 0 Å². The summed E-state index contributed by atoms with van der Waals surface area (Å²) in [5.74, 6) is 0. The molecule has 2 N–H and O–H groups in total. The van der Waals surface area contributed by atoms with E-state index in [9.17, 15) is 8.42 Å². The van der Waals surface area contributed by atoms with Crippen LogP contribution in [0.1, 0.15) is 6.92 Å². The van der Waals surface area contributed by atoms with Gasteiger partial charge in [0.1, 0.15) is 0 Å². The smallest absolute Gasteiger partial charge is 0.243 e. The van der Waals surface area contributed by atoms with Crippen LogP contribution in [-0.4, -0.2) is 31.4 Å². The quantitative estimate of drug-likeness (QED) is 0.794. The highest BCUT2D eigenvalue weighted by Gasteiger charge is 2.42. The van der Waals surface area contributed by atoms with Crippen molar-refractivity contribution in [2.24, 2.45) is 5.73 Å². The van der Waals surface area contributed by atoms with E-state index < -0.39 is 10.0 Å². The molecule has 1 aromatic carbocycles. The molecule has 1 aliphatic rings. The fraction of sp³-hybridized carbons (Fsp3) is 0.400. The number of sulfonamides is 1. The lowest BCUT2D eigenvalue weighted by molar-refractivity contribution is 0.176. The summed E-state index contributed by atoms with van der Waals surface area (Å²) in [5.41, 5.74) is 5.41. The molecule has 1 saturated heterocycles. The Kier molecular flexibility index (Phi) is 2.33. The van der Waals surface area contributed by atoms with E-state index in [1.807, 2.05) is 6.92 Å². The van der Waals surface area contributed by atoms with Crippen molar-refractivity contribution in [2.45, 2.75) is 17.4 Å². The standard InChI is InChI=1S/C10H14N2O2S/c1-10(11)7-12(8-10)15(13,14)9-5-3-2-4-6-9/h2-6H,7-8,11H2,1H3. The molecule has 0 bridgehead atoms. The second kappa shape index (κ2) is 3.30. The van der Waals surface area contributed by atoms with Crippen molar-refractivity contribution in [2.75, 3.05) is 13.1 Å². The van der Waals surface area contributed by atoms with E-state index in [1.54, 1.807) is 30.3 Å². The lowest BCUT2D eigenvalue weighted by Crippen LogP contribution is -2.66. The Morgan fingerprint density at radius 1 is 1.27 bits per heavy atom. The molecular formula is C10H14N2O2S. The zero-order chi connectivity index (χ0) is 11.1. The first kappa shape index (κ1) is 10.6. The molecule has 0 spiro atoms. The van der Waals surface area contributed by atoms with Crippen LogP contribution in [0.15, 0.2) is 35.2 Å². The zero-order valence-corrected chi connectivity index (χ0v) is 9.37. The highest BCUT2D eigenvalue weighted by molar-refractivity contribution is 7.89. The Labute approximate surface area is 89.7 Å². The molecule has 2 rings (SSSR count). The predicted molar refractivity (Wildman–Crippen MR) is 57.8 cm³/mol. The molecule has 1 heterocycles. The van der Waals surface area contributed by atoms with E-state index in [0.29, 0.717) is 18.0 Å². The Bertz CT molecular complexity index is 446. The Morgan fingerprint density at radius 3 is 2.27 bits per heavy atom. The molecule has 1 aromatic rings. The summed E-state index contributed by atoms with van der Waals surface area (Å²) in [6.07, 6.45) is 0. The van der Waals surface area contributed by atoms with Gasteiger partial charge in [-0.15, -0.1) is 0 Å². The SMILES string of the molecule is CC1(N)CN(S(=O)(=O)c2ccccc2)C1. The maximum atomic E-state index is 12.0. The molecule has 0 aliphatic carbocycles. The largest absolute Gasteiger partial charge is 0.323 e. The summed E-state index contributed by atoms with van der Waals surface area (Å²) in [5, 5.41) is 0. The van der Waals surface area contributed by atoms with Gasteiger partial charge in [0.2, 0.25) is 10.0 Å². The minimum absolute atomic E-state index is 0.334. The van der Waals surface area contributed by atoms with Crippen LogP contribution in [-0.2, 0) is 10.0 Å². The second-order valence-corrected chi connectivity index (χ2v) is 6.18. The van der Waals surface area contributed by atoms with Crippen LogP contribution >= 0.6 is 0 Å². The summed E-state index contributed by atoms with van der Waals surface area (Å²) in [7, 11) is -3.32. The highest BCUT2D eigenvalue weighted by Crippen LogP contribution is 2.25. The van der Waals surface area contributed by atoms with E-state index in [4.69, 9.17) is 5.73 Å². The van der Waals surface area contributed by atoms with E-state index >= 15 is 0 Å². The van der Waals surface area contributed by atoms with Crippen molar-refractivity contribution >= 4 is 10.0 Å². The van der Waals surface area contributed by atoms with Gasteiger partial charge in [0.25, 0.3) is 0 Å². The number of nitrogens with two attached hydrogens (primary N) is 1. The number of nitrogens with zero attached hydrogens (tertiary/aromatic N) is 1. The first-order valence-corrected chi connectivity index (χ1v) is 6.20. The van der Waals surface area contributed by atoms with Gasteiger partial charge < -0.3 is 5.73 Å². The summed E-state index contributed by atoms with van der Waals surface area (Å²) in [6.45, 7) is 2.64. The van der Waals surface area contributed by atoms with Crippen LogP contribution in [0.3, 0.4) is 0 Å². The fourth-order valence-electron chi connectivity index (χ4n) is 1.67. The van der Waals surface area contributed by atoms with Gasteiger partial charge in [0.15, 0.2) is 0 Å². The van der Waals surface area contributed by atoms with E-state index in [-0.39, 0.29) is 5.54 Å². The maximum Gasteiger partial charge on any atom is 0.243 e. The molecule has 0 saturated carbocycles. The molecular weight excluding hydrogens is 212 g/mol. The first-order chi connectivity index (χ1) is 6.92. The zero-order valence-electron chi connectivity index (χ0n) is 8.55. The molecule has 0 amide bonds. The predicted octanol–water partition coefficient (Wildman–Crippen LogP) is 0.408. The van der Waals surface area contributed by atoms with Crippen LogP contribution in [0.2, 0.25) is 0 Å². The van der Waals surface area contributed by atoms with E-state index in [0.717, 1.165) is 0 Å². The average molecular weight is 226 g/mol. The summed E-state index contributed by atoms with van der Waals surface area (Å²) in [6, 6.07) is 8.42. The highest BCUT2D eigenvalue weighted by atomic mass is 32.2. The number of rotatable bonds is 2. The minimum Gasteiger partial charge on any atom is -0.323 e. The van der Waals surface area contributed by atoms with E-state index in [2.05, 4.69) is 0 Å². The summed E-state index contributed by atoms with van der Waals surface area (Å²) in [4.78, 5) is 0.334. The van der Waals surface area contributed by atoms with Crippen molar-refractivity contribution in [3.63, 3.8) is 0 Å². The topological polar surface area (TPSA) is 63.4 Å². The molecule has 15 heavy (non-hydrogen) atoms. The maximum absolute atomic E-state index is 12.0. The lowest BCUT2D eigenvalue weighted by atomic mass is 9.97. The van der Waals surface area contributed by atoms with Gasteiger partial charge in [-0.3, -0.25) is 0 Å². The molecule has 4 nitrogen and oxygen atoms in total. The molecule has 1 fully saturated rings. The van der Waals surface area contributed by atoms with Gasteiger partial charge in [-0.25, -0.2) is 8.42 Å². The molecule has 0 unspecified atom stereocenters. The van der Waals surface area contributed by atoms with Gasteiger partial charge >= 0.3 is 0 Å². The Morgan fingerprint density at radius 2 is 1.80 bits per heavy atom.